The summed E-state index contributed by atoms with van der Waals surface area (Å²) < 4.78 is 10.5. The molecular formula is C15H25NO4. The summed E-state index contributed by atoms with van der Waals surface area (Å²) in [7, 11) is 1.61. The lowest BCUT2D eigenvalue weighted by molar-refractivity contribution is 0.0648. The van der Waals surface area contributed by atoms with Gasteiger partial charge in [0.2, 0.25) is 0 Å². The van der Waals surface area contributed by atoms with Crippen LogP contribution in [-0.2, 0) is 0 Å². The van der Waals surface area contributed by atoms with E-state index in [-0.39, 0.29) is 6.61 Å². The van der Waals surface area contributed by atoms with Crippen LogP contribution in [0.5, 0.6) is 11.5 Å². The van der Waals surface area contributed by atoms with Gasteiger partial charge in [0.25, 0.3) is 0 Å². The molecule has 2 atom stereocenters. The minimum absolute atomic E-state index is 0.190. The number of hydrogen-bond acceptors (Lipinski definition) is 5. The summed E-state index contributed by atoms with van der Waals surface area (Å²) in [5.41, 5.74) is -0.443. The Hall–Kier alpha value is -1.30. The van der Waals surface area contributed by atoms with E-state index >= 15 is 0 Å². The molecule has 1 aromatic carbocycles. The summed E-state index contributed by atoms with van der Waals surface area (Å²) in [5, 5.41) is 22.5. The van der Waals surface area contributed by atoms with Gasteiger partial charge in [0.1, 0.15) is 24.2 Å². The molecule has 5 nitrogen and oxygen atoms in total. The number of nitrogens with one attached hydrogen (secondary N) is 1. The first-order valence-electron chi connectivity index (χ1n) is 6.73. The van der Waals surface area contributed by atoms with Crippen molar-refractivity contribution < 1.29 is 19.7 Å². The molecule has 20 heavy (non-hydrogen) atoms. The molecule has 1 aromatic rings. The zero-order valence-electron chi connectivity index (χ0n) is 12.6. The lowest BCUT2D eigenvalue weighted by Crippen LogP contribution is -2.51. The SMILES string of the molecule is COc1ccc(OCC(O)CNC(C)(C)C(C)O)cc1. The van der Waals surface area contributed by atoms with Gasteiger partial charge in [-0.25, -0.2) is 0 Å². The van der Waals surface area contributed by atoms with Crippen LogP contribution in [0.1, 0.15) is 20.8 Å². The Labute approximate surface area is 120 Å². The normalized spacial score (nSPS) is 14.7. The maximum absolute atomic E-state index is 9.86. The van der Waals surface area contributed by atoms with Gasteiger partial charge in [-0.1, -0.05) is 0 Å². The number of methoxy groups -OCH3 is 1. The van der Waals surface area contributed by atoms with E-state index in [1.54, 1.807) is 38.3 Å². The Morgan fingerprint density at radius 1 is 1.15 bits per heavy atom. The molecule has 0 aliphatic rings. The molecule has 0 spiro atoms. The number of benzene rings is 1. The molecule has 0 aliphatic carbocycles. The summed E-state index contributed by atoms with van der Waals surface area (Å²) in [5.74, 6) is 1.44. The van der Waals surface area contributed by atoms with Gasteiger partial charge in [0.05, 0.1) is 13.2 Å². The van der Waals surface area contributed by atoms with Crippen molar-refractivity contribution >= 4 is 0 Å². The highest BCUT2D eigenvalue weighted by atomic mass is 16.5. The number of rotatable bonds is 8. The van der Waals surface area contributed by atoms with Crippen molar-refractivity contribution in [1.82, 2.24) is 5.32 Å². The van der Waals surface area contributed by atoms with Crippen molar-refractivity contribution in [1.29, 1.82) is 0 Å². The smallest absolute Gasteiger partial charge is 0.119 e. The van der Waals surface area contributed by atoms with E-state index in [1.165, 1.54) is 0 Å². The zero-order valence-corrected chi connectivity index (χ0v) is 12.6. The molecule has 0 aromatic heterocycles. The van der Waals surface area contributed by atoms with Crippen LogP contribution >= 0.6 is 0 Å². The molecule has 0 amide bonds. The molecule has 0 aliphatic heterocycles. The van der Waals surface area contributed by atoms with E-state index in [0.717, 1.165) is 5.75 Å². The van der Waals surface area contributed by atoms with Crippen LogP contribution < -0.4 is 14.8 Å². The predicted octanol–water partition coefficient (Wildman–Crippen LogP) is 1.18. The molecule has 114 valence electrons. The van der Waals surface area contributed by atoms with E-state index < -0.39 is 17.7 Å². The molecule has 0 radical (unpaired) electrons. The Balaban J connectivity index is 2.34. The summed E-state index contributed by atoms with van der Waals surface area (Å²) in [6, 6.07) is 7.18. The van der Waals surface area contributed by atoms with E-state index in [1.807, 2.05) is 13.8 Å². The average molecular weight is 283 g/mol. The van der Waals surface area contributed by atoms with Crippen molar-refractivity contribution in [2.45, 2.75) is 38.5 Å². The van der Waals surface area contributed by atoms with Crippen LogP contribution in [0, 0.1) is 0 Å². The Morgan fingerprint density at radius 3 is 2.20 bits per heavy atom. The van der Waals surface area contributed by atoms with Crippen molar-refractivity contribution in [3.05, 3.63) is 24.3 Å². The Kier molecular flexibility index (Phi) is 6.26. The van der Waals surface area contributed by atoms with Crippen LogP contribution in [0.4, 0.5) is 0 Å². The van der Waals surface area contributed by atoms with Crippen molar-refractivity contribution in [3.8, 4) is 11.5 Å². The lowest BCUT2D eigenvalue weighted by atomic mass is 9.99. The van der Waals surface area contributed by atoms with Gasteiger partial charge in [0.15, 0.2) is 0 Å². The topological polar surface area (TPSA) is 71.0 Å². The van der Waals surface area contributed by atoms with E-state index in [4.69, 9.17) is 9.47 Å². The van der Waals surface area contributed by atoms with Crippen LogP contribution in [0.2, 0.25) is 0 Å². The lowest BCUT2D eigenvalue weighted by Gasteiger charge is -2.30. The number of ether oxygens (including phenoxy) is 2. The highest BCUT2D eigenvalue weighted by Gasteiger charge is 2.24. The highest BCUT2D eigenvalue weighted by Crippen LogP contribution is 2.17. The summed E-state index contributed by atoms with van der Waals surface area (Å²) in [4.78, 5) is 0. The predicted molar refractivity (Wildman–Crippen MR) is 78.3 cm³/mol. The second-order valence-electron chi connectivity index (χ2n) is 5.42. The maximum Gasteiger partial charge on any atom is 0.119 e. The van der Waals surface area contributed by atoms with Gasteiger partial charge in [-0.05, 0) is 45.0 Å². The highest BCUT2D eigenvalue weighted by molar-refractivity contribution is 5.31. The fraction of sp³-hybridized carbons (Fsp3) is 0.600. The Bertz CT molecular complexity index is 389. The Morgan fingerprint density at radius 2 is 1.70 bits per heavy atom. The van der Waals surface area contributed by atoms with Gasteiger partial charge >= 0.3 is 0 Å². The largest absolute Gasteiger partial charge is 0.497 e. The average Bonchev–Trinajstić information content (AvgIpc) is 2.43. The van der Waals surface area contributed by atoms with Crippen LogP contribution in [0.25, 0.3) is 0 Å². The molecule has 0 saturated heterocycles. The molecule has 0 heterocycles. The van der Waals surface area contributed by atoms with Crippen LogP contribution in [0.15, 0.2) is 24.3 Å². The second-order valence-corrected chi connectivity index (χ2v) is 5.42. The van der Waals surface area contributed by atoms with Gasteiger partial charge < -0.3 is 25.0 Å². The van der Waals surface area contributed by atoms with Gasteiger partial charge in [-0.2, -0.15) is 0 Å². The third-order valence-corrected chi connectivity index (χ3v) is 3.34. The van der Waals surface area contributed by atoms with E-state index in [0.29, 0.717) is 12.3 Å². The molecule has 0 bridgehead atoms. The fourth-order valence-electron chi connectivity index (χ4n) is 1.45. The quantitative estimate of drug-likeness (QED) is 0.668. The first-order valence-corrected chi connectivity index (χ1v) is 6.73. The first kappa shape index (κ1) is 16.8. The van der Waals surface area contributed by atoms with Gasteiger partial charge in [0, 0.05) is 12.1 Å². The van der Waals surface area contributed by atoms with Crippen molar-refractivity contribution in [2.24, 2.45) is 0 Å². The molecular weight excluding hydrogens is 258 g/mol. The molecule has 5 heteroatoms. The zero-order chi connectivity index (χ0) is 15.2. The third kappa shape index (κ3) is 5.36. The van der Waals surface area contributed by atoms with Crippen LogP contribution in [-0.4, -0.2) is 48.2 Å². The van der Waals surface area contributed by atoms with E-state index in [2.05, 4.69) is 5.32 Å². The number of β-amino-alcohol motifs (C(OH)–C–C–N with tert-alkyl or cyclic N) is 1. The summed E-state index contributed by atoms with van der Waals surface area (Å²) in [6.45, 7) is 6.03. The second kappa shape index (κ2) is 7.47. The molecule has 2 unspecified atom stereocenters. The molecule has 3 N–H and O–H groups in total. The fourth-order valence-corrected chi connectivity index (χ4v) is 1.45. The number of hydrogen-bond donors (Lipinski definition) is 3. The number of aliphatic hydroxyl groups is 2. The van der Waals surface area contributed by atoms with Crippen molar-refractivity contribution in [3.63, 3.8) is 0 Å². The van der Waals surface area contributed by atoms with Crippen molar-refractivity contribution in [2.75, 3.05) is 20.3 Å². The molecule has 0 saturated carbocycles. The van der Waals surface area contributed by atoms with Gasteiger partial charge in [-0.15, -0.1) is 0 Å². The van der Waals surface area contributed by atoms with E-state index in [9.17, 15) is 10.2 Å². The minimum Gasteiger partial charge on any atom is -0.497 e. The van der Waals surface area contributed by atoms with Gasteiger partial charge in [-0.3, -0.25) is 0 Å². The third-order valence-electron chi connectivity index (χ3n) is 3.34. The molecule has 1 rings (SSSR count). The number of aliphatic hydroxyl groups excluding tert-OH is 2. The molecule has 0 fully saturated rings. The standard InChI is InChI=1S/C15H25NO4/c1-11(17)15(2,3)16-9-12(18)10-20-14-7-5-13(19-4)6-8-14/h5-8,11-12,16-18H,9-10H2,1-4H3. The summed E-state index contributed by atoms with van der Waals surface area (Å²) in [6.07, 6.45) is -1.15. The summed E-state index contributed by atoms with van der Waals surface area (Å²) >= 11 is 0. The van der Waals surface area contributed by atoms with Crippen LogP contribution in [0.3, 0.4) is 0 Å². The minimum atomic E-state index is -0.643. The monoisotopic (exact) mass is 283 g/mol. The first-order chi connectivity index (χ1) is 9.35. The maximum atomic E-state index is 9.86.